The molecular formula is C9H7BrClF2NO2. The number of hydrogen-bond acceptors (Lipinski definition) is 2. The van der Waals surface area contributed by atoms with Crippen molar-refractivity contribution >= 4 is 33.5 Å². The zero-order valence-corrected chi connectivity index (χ0v) is 10.2. The lowest BCUT2D eigenvalue weighted by Gasteiger charge is -2.11. The van der Waals surface area contributed by atoms with E-state index in [-0.39, 0.29) is 27.3 Å². The summed E-state index contributed by atoms with van der Waals surface area (Å²) in [5.41, 5.74) is -0.200. The summed E-state index contributed by atoms with van der Waals surface area (Å²) in [6.45, 7) is 0. The maximum absolute atomic E-state index is 12.7. The number of hydrogen-bond donors (Lipinski definition) is 1. The molecule has 0 aliphatic rings. The van der Waals surface area contributed by atoms with E-state index in [9.17, 15) is 13.6 Å². The molecule has 1 aromatic heterocycles. The van der Waals surface area contributed by atoms with Crippen molar-refractivity contribution in [3.05, 3.63) is 27.5 Å². The van der Waals surface area contributed by atoms with Crippen LogP contribution in [0.5, 0.6) is 0 Å². The first-order valence-corrected chi connectivity index (χ1v) is 5.52. The molecule has 0 unspecified atom stereocenters. The van der Waals surface area contributed by atoms with E-state index in [4.69, 9.17) is 16.7 Å². The Morgan fingerprint density at radius 1 is 1.62 bits per heavy atom. The fraction of sp³-hybridized carbons (Fsp3) is 0.333. The van der Waals surface area contributed by atoms with Gasteiger partial charge in [-0.2, -0.15) is 0 Å². The van der Waals surface area contributed by atoms with E-state index in [2.05, 4.69) is 20.9 Å². The lowest BCUT2D eigenvalue weighted by molar-refractivity contribution is -0.136. The van der Waals surface area contributed by atoms with E-state index in [1.54, 1.807) is 0 Å². The molecule has 0 atom stereocenters. The molecule has 0 radical (unpaired) electrons. The van der Waals surface area contributed by atoms with Crippen molar-refractivity contribution < 1.29 is 18.7 Å². The largest absolute Gasteiger partial charge is 0.481 e. The van der Waals surface area contributed by atoms with Crippen LogP contribution in [0, 0.1) is 0 Å². The predicted octanol–water partition coefficient (Wildman–Crippen LogP) is 3.15. The average Bonchev–Trinajstić information content (AvgIpc) is 2.19. The highest BCUT2D eigenvalue weighted by Crippen LogP contribution is 2.28. The molecule has 0 spiro atoms. The molecule has 0 aromatic carbocycles. The van der Waals surface area contributed by atoms with Gasteiger partial charge in [-0.25, -0.2) is 13.8 Å². The van der Waals surface area contributed by atoms with Gasteiger partial charge >= 0.3 is 5.97 Å². The summed E-state index contributed by atoms with van der Waals surface area (Å²) >= 11 is 8.51. The highest BCUT2D eigenvalue weighted by atomic mass is 79.9. The molecule has 0 amide bonds. The van der Waals surface area contributed by atoms with Gasteiger partial charge in [0.05, 0.1) is 18.0 Å². The minimum absolute atomic E-state index is 0.0132. The van der Waals surface area contributed by atoms with Crippen LogP contribution in [-0.4, -0.2) is 16.1 Å². The normalized spacial score (nSPS) is 10.8. The molecule has 0 aliphatic carbocycles. The van der Waals surface area contributed by atoms with Crippen LogP contribution in [-0.2, 0) is 17.1 Å². The first-order valence-electron chi connectivity index (χ1n) is 4.19. The summed E-state index contributed by atoms with van der Waals surface area (Å²) in [5, 5.41) is 8.63. The number of rotatable bonds is 4. The Morgan fingerprint density at radius 3 is 2.69 bits per heavy atom. The van der Waals surface area contributed by atoms with Gasteiger partial charge in [0.15, 0.2) is 0 Å². The Morgan fingerprint density at radius 2 is 2.25 bits per heavy atom. The molecule has 0 saturated carbocycles. The van der Waals surface area contributed by atoms with E-state index in [0.717, 1.165) is 6.07 Å². The predicted molar refractivity (Wildman–Crippen MR) is 57.8 cm³/mol. The van der Waals surface area contributed by atoms with Gasteiger partial charge in [0.2, 0.25) is 0 Å². The third-order valence-corrected chi connectivity index (χ3v) is 2.56. The summed E-state index contributed by atoms with van der Waals surface area (Å²) in [7, 11) is 0. The van der Waals surface area contributed by atoms with E-state index in [1.807, 2.05) is 0 Å². The number of alkyl halides is 3. The Hall–Kier alpha value is -0.750. The summed E-state index contributed by atoms with van der Waals surface area (Å²) in [4.78, 5) is 14.4. The Kier molecular flexibility index (Phi) is 4.61. The smallest absolute Gasteiger partial charge is 0.307 e. The molecule has 88 valence electrons. The third kappa shape index (κ3) is 3.12. The molecule has 0 aliphatic heterocycles. The van der Waals surface area contributed by atoms with Crippen LogP contribution in [0.4, 0.5) is 8.78 Å². The van der Waals surface area contributed by atoms with Crippen LogP contribution < -0.4 is 0 Å². The summed E-state index contributed by atoms with van der Waals surface area (Å²) in [5.74, 6) is -1.31. The van der Waals surface area contributed by atoms with Crippen LogP contribution in [0.2, 0.25) is 0 Å². The fourth-order valence-corrected chi connectivity index (χ4v) is 1.95. The SMILES string of the molecule is O=C(O)Cc1c(C(F)F)cc(Br)nc1CCl. The van der Waals surface area contributed by atoms with Gasteiger partial charge in [0.1, 0.15) is 4.60 Å². The van der Waals surface area contributed by atoms with Crippen molar-refractivity contribution in [3.8, 4) is 0 Å². The van der Waals surface area contributed by atoms with Crippen LogP contribution >= 0.6 is 27.5 Å². The number of halogens is 4. The van der Waals surface area contributed by atoms with Crippen LogP contribution in [0.25, 0.3) is 0 Å². The molecule has 0 bridgehead atoms. The molecule has 7 heteroatoms. The summed E-state index contributed by atoms with van der Waals surface area (Å²) in [6, 6.07) is 1.11. The third-order valence-electron chi connectivity index (χ3n) is 1.90. The number of aliphatic carboxylic acids is 1. The monoisotopic (exact) mass is 313 g/mol. The van der Waals surface area contributed by atoms with Crippen molar-refractivity contribution in [1.82, 2.24) is 4.98 Å². The molecule has 1 N–H and O–H groups in total. The Bertz CT molecular complexity index is 415. The van der Waals surface area contributed by atoms with Gasteiger partial charge in [0, 0.05) is 5.56 Å². The lowest BCUT2D eigenvalue weighted by atomic mass is 10.0. The molecule has 1 heterocycles. The van der Waals surface area contributed by atoms with Crippen molar-refractivity contribution in [2.45, 2.75) is 18.7 Å². The van der Waals surface area contributed by atoms with Gasteiger partial charge < -0.3 is 5.11 Å². The van der Waals surface area contributed by atoms with Gasteiger partial charge in [-0.15, -0.1) is 11.6 Å². The Labute approximate surface area is 104 Å². The molecule has 16 heavy (non-hydrogen) atoms. The quantitative estimate of drug-likeness (QED) is 0.686. The van der Waals surface area contributed by atoms with Crippen molar-refractivity contribution in [3.63, 3.8) is 0 Å². The van der Waals surface area contributed by atoms with Crippen LogP contribution in [0.1, 0.15) is 23.2 Å². The zero-order valence-electron chi connectivity index (χ0n) is 7.88. The molecule has 3 nitrogen and oxygen atoms in total. The molecular weight excluding hydrogens is 307 g/mol. The highest BCUT2D eigenvalue weighted by molar-refractivity contribution is 9.10. The highest BCUT2D eigenvalue weighted by Gasteiger charge is 2.20. The molecule has 1 rings (SSSR count). The first kappa shape index (κ1) is 13.3. The van der Waals surface area contributed by atoms with E-state index >= 15 is 0 Å². The van der Waals surface area contributed by atoms with Gasteiger partial charge in [-0.05, 0) is 27.6 Å². The van der Waals surface area contributed by atoms with E-state index < -0.39 is 18.8 Å². The topological polar surface area (TPSA) is 50.2 Å². The van der Waals surface area contributed by atoms with E-state index in [1.165, 1.54) is 0 Å². The van der Waals surface area contributed by atoms with Crippen LogP contribution in [0.3, 0.4) is 0 Å². The second-order valence-corrected chi connectivity index (χ2v) is 4.04. The van der Waals surface area contributed by atoms with Gasteiger partial charge in [0.25, 0.3) is 6.43 Å². The maximum atomic E-state index is 12.7. The molecule has 0 saturated heterocycles. The number of nitrogens with zero attached hydrogens (tertiary/aromatic N) is 1. The second-order valence-electron chi connectivity index (χ2n) is 2.96. The fourth-order valence-electron chi connectivity index (χ4n) is 1.27. The first-order chi connectivity index (χ1) is 7.45. The minimum Gasteiger partial charge on any atom is -0.481 e. The number of carboxylic acids is 1. The van der Waals surface area contributed by atoms with Crippen molar-refractivity contribution in [2.75, 3.05) is 0 Å². The van der Waals surface area contributed by atoms with E-state index in [0.29, 0.717) is 0 Å². The lowest BCUT2D eigenvalue weighted by Crippen LogP contribution is -2.09. The van der Waals surface area contributed by atoms with Crippen LogP contribution in [0.15, 0.2) is 10.7 Å². The molecule has 0 fully saturated rings. The number of carboxylic acid groups (broad SMARTS) is 1. The standard InChI is InChI=1S/C9H7BrClF2NO2/c10-7-1-5(9(12)13)4(2-8(15)16)6(3-11)14-7/h1,9H,2-3H2,(H,15,16). The number of aromatic nitrogens is 1. The van der Waals surface area contributed by atoms with Gasteiger partial charge in [-0.3, -0.25) is 4.79 Å². The molecule has 1 aromatic rings. The average molecular weight is 315 g/mol. The Balaban J connectivity index is 3.32. The van der Waals surface area contributed by atoms with Gasteiger partial charge in [-0.1, -0.05) is 0 Å². The number of pyridine rings is 1. The van der Waals surface area contributed by atoms with Crippen molar-refractivity contribution in [2.24, 2.45) is 0 Å². The summed E-state index contributed by atoms with van der Waals surface area (Å²) < 4.78 is 25.6. The second kappa shape index (κ2) is 5.54. The minimum atomic E-state index is -2.75. The van der Waals surface area contributed by atoms with Crippen molar-refractivity contribution in [1.29, 1.82) is 0 Å². The zero-order chi connectivity index (χ0) is 12.3. The number of carbonyl (C=O) groups is 1. The maximum Gasteiger partial charge on any atom is 0.307 e. The summed E-state index contributed by atoms with van der Waals surface area (Å²) in [6.07, 6.45) is -3.27.